The molecular weight excluding hydrogens is 449 g/mol. The minimum atomic E-state index is -1.00. The highest BCUT2D eigenvalue weighted by Crippen LogP contribution is 2.43. The third kappa shape index (κ3) is 4.03. The molecule has 0 aliphatic carbocycles. The topological polar surface area (TPSA) is 76.1 Å². The van der Waals surface area contributed by atoms with E-state index in [-0.39, 0.29) is 16.4 Å². The first-order valence-electron chi connectivity index (χ1n) is 9.90. The van der Waals surface area contributed by atoms with E-state index in [9.17, 15) is 19.1 Å². The number of rotatable bonds is 5. The van der Waals surface area contributed by atoms with Crippen LogP contribution in [0.25, 0.3) is 5.76 Å². The molecule has 1 amide bonds. The van der Waals surface area contributed by atoms with Crippen LogP contribution in [0.4, 0.5) is 10.1 Å². The van der Waals surface area contributed by atoms with Crippen LogP contribution in [0.15, 0.2) is 72.3 Å². The monoisotopic (exact) mass is 467 g/mol. The minimum Gasteiger partial charge on any atom is -0.507 e. The number of Topliss-reactive ketones (excluding diaryl/α,β-unsaturated/α-hetero) is 1. The molecule has 0 saturated carbocycles. The van der Waals surface area contributed by atoms with Gasteiger partial charge in [-0.05, 0) is 60.2 Å². The second-order valence-corrected chi connectivity index (χ2v) is 7.68. The number of carbonyl (C=O) groups is 2. The maximum atomic E-state index is 13.6. The fourth-order valence-corrected chi connectivity index (χ4v) is 4.02. The van der Waals surface area contributed by atoms with Gasteiger partial charge in [0.1, 0.15) is 23.1 Å². The molecule has 1 saturated heterocycles. The highest BCUT2D eigenvalue weighted by molar-refractivity contribution is 6.51. The van der Waals surface area contributed by atoms with Crippen LogP contribution in [0.2, 0.25) is 5.02 Å². The summed E-state index contributed by atoms with van der Waals surface area (Å²) in [5, 5.41) is 11.3. The van der Waals surface area contributed by atoms with E-state index in [1.165, 1.54) is 49.5 Å². The van der Waals surface area contributed by atoms with Gasteiger partial charge in [0.2, 0.25) is 0 Å². The molecule has 0 radical (unpaired) electrons. The van der Waals surface area contributed by atoms with E-state index in [0.29, 0.717) is 28.3 Å². The SMILES string of the molecule is COc1ccc(/C(O)=C2\C(=O)C(=O)N(c3ccc(OC)c(Cl)c3)C2c2ccc(F)cc2)cc1. The van der Waals surface area contributed by atoms with E-state index in [2.05, 4.69) is 0 Å². The summed E-state index contributed by atoms with van der Waals surface area (Å²) in [4.78, 5) is 27.5. The van der Waals surface area contributed by atoms with Crippen molar-refractivity contribution in [1.82, 2.24) is 0 Å². The lowest BCUT2D eigenvalue weighted by Gasteiger charge is -2.26. The van der Waals surface area contributed by atoms with Gasteiger partial charge >= 0.3 is 0 Å². The molecule has 168 valence electrons. The summed E-state index contributed by atoms with van der Waals surface area (Å²) < 4.78 is 23.9. The Bertz CT molecular complexity index is 1250. The van der Waals surface area contributed by atoms with Crippen molar-refractivity contribution in [3.63, 3.8) is 0 Å². The average Bonchev–Trinajstić information content (AvgIpc) is 3.09. The molecule has 1 N–H and O–H groups in total. The lowest BCUT2D eigenvalue weighted by Crippen LogP contribution is -2.29. The second-order valence-electron chi connectivity index (χ2n) is 7.27. The van der Waals surface area contributed by atoms with Crippen molar-refractivity contribution in [2.75, 3.05) is 19.1 Å². The Morgan fingerprint density at radius 1 is 0.970 bits per heavy atom. The Morgan fingerprint density at radius 2 is 1.64 bits per heavy atom. The maximum Gasteiger partial charge on any atom is 0.300 e. The molecule has 4 rings (SSSR count). The summed E-state index contributed by atoms with van der Waals surface area (Å²) in [6, 6.07) is 15.4. The average molecular weight is 468 g/mol. The lowest BCUT2D eigenvalue weighted by atomic mass is 9.95. The van der Waals surface area contributed by atoms with Crippen molar-refractivity contribution in [1.29, 1.82) is 0 Å². The van der Waals surface area contributed by atoms with Crippen molar-refractivity contribution in [3.05, 3.63) is 94.3 Å². The van der Waals surface area contributed by atoms with Crippen molar-refractivity contribution in [2.24, 2.45) is 0 Å². The number of hydrogen-bond donors (Lipinski definition) is 1. The molecule has 0 spiro atoms. The number of hydrogen-bond acceptors (Lipinski definition) is 5. The normalized spacial score (nSPS) is 17.3. The predicted octanol–water partition coefficient (Wildman–Crippen LogP) is 5.12. The molecule has 3 aromatic rings. The lowest BCUT2D eigenvalue weighted by molar-refractivity contribution is -0.132. The van der Waals surface area contributed by atoms with Gasteiger partial charge in [0, 0.05) is 11.3 Å². The van der Waals surface area contributed by atoms with Gasteiger partial charge in [0.25, 0.3) is 11.7 Å². The Hall–Kier alpha value is -3.84. The van der Waals surface area contributed by atoms with Crippen LogP contribution >= 0.6 is 11.6 Å². The van der Waals surface area contributed by atoms with Crippen molar-refractivity contribution >= 4 is 34.7 Å². The summed E-state index contributed by atoms with van der Waals surface area (Å²) >= 11 is 6.26. The standard InChI is InChI=1S/C25H19ClFNO5/c1-32-18-10-5-15(6-11-18)23(29)21-22(14-3-7-16(27)8-4-14)28(25(31)24(21)30)17-9-12-20(33-2)19(26)13-17/h3-13,22,29H,1-2H3/b23-21+. The Balaban J connectivity index is 1.91. The maximum absolute atomic E-state index is 13.6. The fraction of sp³-hybridized carbons (Fsp3) is 0.120. The van der Waals surface area contributed by atoms with Gasteiger partial charge in [-0.25, -0.2) is 4.39 Å². The van der Waals surface area contributed by atoms with Gasteiger partial charge in [-0.15, -0.1) is 0 Å². The van der Waals surface area contributed by atoms with Gasteiger partial charge < -0.3 is 14.6 Å². The van der Waals surface area contributed by atoms with Crippen LogP contribution in [0, 0.1) is 5.82 Å². The van der Waals surface area contributed by atoms with Gasteiger partial charge in [-0.2, -0.15) is 0 Å². The van der Waals surface area contributed by atoms with Crippen molar-refractivity contribution < 1.29 is 28.6 Å². The van der Waals surface area contributed by atoms with Crippen LogP contribution < -0.4 is 14.4 Å². The number of ketones is 1. The summed E-state index contributed by atoms with van der Waals surface area (Å²) in [6.45, 7) is 0. The van der Waals surface area contributed by atoms with Gasteiger partial charge in [0.15, 0.2) is 0 Å². The minimum absolute atomic E-state index is 0.122. The quantitative estimate of drug-likeness (QED) is 0.320. The van der Waals surface area contributed by atoms with E-state index >= 15 is 0 Å². The van der Waals surface area contributed by atoms with Crippen LogP contribution in [0.3, 0.4) is 0 Å². The molecule has 0 aromatic heterocycles. The number of amides is 1. The molecule has 1 aliphatic rings. The van der Waals surface area contributed by atoms with Crippen molar-refractivity contribution in [2.45, 2.75) is 6.04 Å². The van der Waals surface area contributed by atoms with Gasteiger partial charge in [-0.1, -0.05) is 23.7 Å². The van der Waals surface area contributed by atoms with E-state index in [1.54, 1.807) is 36.4 Å². The smallest absolute Gasteiger partial charge is 0.300 e. The number of carbonyl (C=O) groups excluding carboxylic acids is 2. The number of benzene rings is 3. The molecule has 1 heterocycles. The van der Waals surface area contributed by atoms with Crippen LogP contribution in [0.5, 0.6) is 11.5 Å². The number of nitrogens with zero attached hydrogens (tertiary/aromatic N) is 1. The predicted molar refractivity (Wildman–Crippen MR) is 122 cm³/mol. The third-order valence-corrected chi connectivity index (χ3v) is 5.70. The van der Waals surface area contributed by atoms with Crippen LogP contribution in [0.1, 0.15) is 17.2 Å². The summed E-state index contributed by atoms with van der Waals surface area (Å²) in [6.07, 6.45) is 0. The summed E-state index contributed by atoms with van der Waals surface area (Å²) in [5.41, 5.74) is 0.973. The largest absolute Gasteiger partial charge is 0.507 e. The molecule has 0 bridgehead atoms. The Morgan fingerprint density at radius 3 is 2.21 bits per heavy atom. The zero-order valence-electron chi connectivity index (χ0n) is 17.7. The first kappa shape index (κ1) is 22.4. The second kappa shape index (κ2) is 8.96. The summed E-state index contributed by atoms with van der Waals surface area (Å²) in [7, 11) is 2.97. The number of aliphatic hydroxyl groups is 1. The highest BCUT2D eigenvalue weighted by Gasteiger charge is 2.47. The zero-order chi connectivity index (χ0) is 23.7. The molecule has 3 aromatic carbocycles. The Kier molecular flexibility index (Phi) is 6.07. The van der Waals surface area contributed by atoms with Gasteiger partial charge in [-0.3, -0.25) is 14.5 Å². The molecule has 33 heavy (non-hydrogen) atoms. The first-order valence-corrected chi connectivity index (χ1v) is 10.3. The number of anilines is 1. The molecule has 6 nitrogen and oxygen atoms in total. The molecule has 1 aliphatic heterocycles. The zero-order valence-corrected chi connectivity index (χ0v) is 18.5. The van der Waals surface area contributed by atoms with E-state index in [4.69, 9.17) is 21.1 Å². The molecule has 1 atom stereocenters. The van der Waals surface area contributed by atoms with E-state index < -0.39 is 23.5 Å². The van der Waals surface area contributed by atoms with Crippen molar-refractivity contribution in [3.8, 4) is 11.5 Å². The first-order chi connectivity index (χ1) is 15.8. The van der Waals surface area contributed by atoms with Crippen LogP contribution in [-0.2, 0) is 9.59 Å². The van der Waals surface area contributed by atoms with E-state index in [1.807, 2.05) is 0 Å². The number of halogens is 2. The number of aliphatic hydroxyl groups excluding tert-OH is 1. The third-order valence-electron chi connectivity index (χ3n) is 5.41. The fourth-order valence-electron chi connectivity index (χ4n) is 3.77. The molecule has 8 heteroatoms. The summed E-state index contributed by atoms with van der Waals surface area (Å²) in [5.74, 6) is -1.58. The highest BCUT2D eigenvalue weighted by atomic mass is 35.5. The Labute approximate surface area is 194 Å². The molecule has 1 fully saturated rings. The van der Waals surface area contributed by atoms with Crippen LogP contribution in [-0.4, -0.2) is 31.0 Å². The molecular formula is C25H19ClFNO5. The van der Waals surface area contributed by atoms with E-state index in [0.717, 1.165) is 0 Å². The number of methoxy groups -OCH3 is 2. The number of ether oxygens (including phenoxy) is 2. The van der Waals surface area contributed by atoms with Gasteiger partial charge in [0.05, 0.1) is 30.9 Å². The molecule has 1 unspecified atom stereocenters.